The van der Waals surface area contributed by atoms with E-state index < -0.39 is 0 Å². The molecular weight excluding hydrogens is 246 g/mol. The average molecular weight is 265 g/mol. The van der Waals surface area contributed by atoms with Gasteiger partial charge in [0.25, 0.3) is 0 Å². The minimum absolute atomic E-state index is 0.139. The molecule has 0 saturated carbocycles. The van der Waals surface area contributed by atoms with Crippen molar-refractivity contribution in [2.45, 2.75) is 26.2 Å². The Balaban J connectivity index is 2.11. The van der Waals surface area contributed by atoms with Crippen molar-refractivity contribution in [3.05, 3.63) is 54.1 Å². The molecule has 0 unspecified atom stereocenters. The Hall–Kier alpha value is -2.22. The van der Waals surface area contributed by atoms with Crippen LogP contribution in [0.5, 0.6) is 5.75 Å². The van der Waals surface area contributed by atoms with Crippen molar-refractivity contribution < 1.29 is 5.11 Å². The first-order valence-corrected chi connectivity index (χ1v) is 6.86. The van der Waals surface area contributed by atoms with Gasteiger partial charge in [0.15, 0.2) is 0 Å². The lowest BCUT2D eigenvalue weighted by atomic mass is 9.86. The largest absolute Gasteiger partial charge is 0.508 e. The normalized spacial score (nSPS) is 11.9. The Morgan fingerprint density at radius 2 is 1.75 bits per heavy atom. The highest BCUT2D eigenvalue weighted by atomic mass is 16.3. The number of hydrogen-bond acceptors (Lipinski definition) is 1. The molecule has 2 nitrogen and oxygen atoms in total. The van der Waals surface area contributed by atoms with Gasteiger partial charge in [0.05, 0.1) is 0 Å². The molecule has 0 bridgehead atoms. The number of aromatic hydroxyl groups is 1. The second kappa shape index (κ2) is 4.41. The maximum Gasteiger partial charge on any atom is 0.116 e. The number of phenols is 1. The molecule has 0 radical (unpaired) electrons. The number of aromatic amines is 1. The zero-order valence-electron chi connectivity index (χ0n) is 12.1. The molecule has 0 saturated heterocycles. The van der Waals surface area contributed by atoms with Gasteiger partial charge in [0, 0.05) is 16.6 Å². The van der Waals surface area contributed by atoms with E-state index in [2.05, 4.69) is 56.1 Å². The second-order valence-electron chi connectivity index (χ2n) is 6.29. The molecule has 0 atom stereocenters. The van der Waals surface area contributed by atoms with Crippen molar-refractivity contribution in [2.75, 3.05) is 0 Å². The van der Waals surface area contributed by atoms with Crippen LogP contribution in [0.3, 0.4) is 0 Å². The van der Waals surface area contributed by atoms with Crippen molar-refractivity contribution in [3.8, 4) is 17.0 Å². The van der Waals surface area contributed by atoms with Crippen LogP contribution in [0.4, 0.5) is 0 Å². The third-order valence-corrected chi connectivity index (χ3v) is 3.64. The summed E-state index contributed by atoms with van der Waals surface area (Å²) in [6.45, 7) is 6.65. The number of rotatable bonds is 1. The van der Waals surface area contributed by atoms with Gasteiger partial charge in [-0.2, -0.15) is 0 Å². The van der Waals surface area contributed by atoms with E-state index in [0.29, 0.717) is 5.75 Å². The molecule has 0 aliphatic carbocycles. The second-order valence-corrected chi connectivity index (χ2v) is 6.29. The zero-order chi connectivity index (χ0) is 14.3. The Kier molecular flexibility index (Phi) is 2.82. The van der Waals surface area contributed by atoms with E-state index in [1.807, 2.05) is 6.07 Å². The molecule has 1 aromatic heterocycles. The third kappa shape index (κ3) is 2.29. The Morgan fingerprint density at radius 3 is 2.50 bits per heavy atom. The highest BCUT2D eigenvalue weighted by Gasteiger charge is 2.14. The summed E-state index contributed by atoms with van der Waals surface area (Å²) in [6.07, 6.45) is 0. The van der Waals surface area contributed by atoms with Gasteiger partial charge >= 0.3 is 0 Å². The van der Waals surface area contributed by atoms with E-state index in [1.165, 1.54) is 11.1 Å². The first-order valence-electron chi connectivity index (χ1n) is 6.86. The van der Waals surface area contributed by atoms with E-state index in [1.54, 1.807) is 12.1 Å². The van der Waals surface area contributed by atoms with E-state index in [0.717, 1.165) is 16.6 Å². The van der Waals surface area contributed by atoms with Crippen molar-refractivity contribution in [1.82, 2.24) is 4.98 Å². The van der Waals surface area contributed by atoms with Gasteiger partial charge in [-0.05, 0) is 46.9 Å². The molecule has 0 fully saturated rings. The summed E-state index contributed by atoms with van der Waals surface area (Å²) in [6, 6.07) is 16.1. The molecule has 3 rings (SSSR count). The van der Waals surface area contributed by atoms with Gasteiger partial charge in [0.1, 0.15) is 5.75 Å². The topological polar surface area (TPSA) is 36.0 Å². The predicted molar refractivity (Wildman–Crippen MR) is 84.1 cm³/mol. The van der Waals surface area contributed by atoms with Crippen LogP contribution in [-0.2, 0) is 5.41 Å². The molecule has 102 valence electrons. The molecule has 0 amide bonds. The van der Waals surface area contributed by atoms with Crippen LogP contribution in [0.1, 0.15) is 26.3 Å². The summed E-state index contributed by atoms with van der Waals surface area (Å²) in [5.74, 6) is 0.298. The first-order chi connectivity index (χ1) is 9.43. The highest BCUT2D eigenvalue weighted by Crippen LogP contribution is 2.30. The van der Waals surface area contributed by atoms with Crippen LogP contribution >= 0.6 is 0 Å². The Labute approximate surface area is 119 Å². The Bertz CT molecular complexity index is 762. The maximum absolute atomic E-state index is 9.55. The summed E-state index contributed by atoms with van der Waals surface area (Å²) < 4.78 is 0. The lowest BCUT2D eigenvalue weighted by molar-refractivity contribution is 0.476. The van der Waals surface area contributed by atoms with E-state index in [4.69, 9.17) is 0 Å². The monoisotopic (exact) mass is 265 g/mol. The first kappa shape index (κ1) is 12.8. The number of benzene rings is 2. The summed E-state index contributed by atoms with van der Waals surface area (Å²) in [4.78, 5) is 3.41. The molecule has 2 N–H and O–H groups in total. The molecule has 3 aromatic rings. The number of fused-ring (bicyclic) bond motifs is 1. The molecule has 0 aliphatic rings. The summed E-state index contributed by atoms with van der Waals surface area (Å²) in [7, 11) is 0. The third-order valence-electron chi connectivity index (χ3n) is 3.64. The number of H-pyrrole nitrogens is 1. The van der Waals surface area contributed by atoms with Crippen molar-refractivity contribution in [2.24, 2.45) is 0 Å². The van der Waals surface area contributed by atoms with Gasteiger partial charge in [-0.1, -0.05) is 39.0 Å². The van der Waals surface area contributed by atoms with Gasteiger partial charge in [-0.15, -0.1) is 0 Å². The van der Waals surface area contributed by atoms with Crippen LogP contribution in [0.25, 0.3) is 22.2 Å². The predicted octanol–water partition coefficient (Wildman–Crippen LogP) is 4.84. The molecule has 0 aliphatic heterocycles. The quantitative estimate of drug-likeness (QED) is 0.649. The minimum atomic E-state index is 0.139. The fourth-order valence-electron chi connectivity index (χ4n) is 2.43. The summed E-state index contributed by atoms with van der Waals surface area (Å²) in [5, 5.41) is 10.6. The van der Waals surface area contributed by atoms with Gasteiger partial charge in [-0.25, -0.2) is 0 Å². The van der Waals surface area contributed by atoms with E-state index in [-0.39, 0.29) is 5.41 Å². The standard InChI is InChI=1S/C18H19NO/c1-18(2,3)14-6-4-5-12(9-14)17-11-13-10-15(20)7-8-16(13)19-17/h4-11,19-20H,1-3H3. The Morgan fingerprint density at radius 1 is 0.950 bits per heavy atom. The fraction of sp³-hybridized carbons (Fsp3) is 0.222. The van der Waals surface area contributed by atoms with Gasteiger partial charge < -0.3 is 10.1 Å². The highest BCUT2D eigenvalue weighted by molar-refractivity contribution is 5.87. The summed E-state index contributed by atoms with van der Waals surface area (Å²) in [5.41, 5.74) is 4.75. The van der Waals surface area contributed by atoms with Crippen LogP contribution in [0, 0.1) is 0 Å². The van der Waals surface area contributed by atoms with Crippen LogP contribution < -0.4 is 0 Å². The molecule has 2 heteroatoms. The van der Waals surface area contributed by atoms with Crippen molar-refractivity contribution in [1.29, 1.82) is 0 Å². The van der Waals surface area contributed by atoms with E-state index >= 15 is 0 Å². The van der Waals surface area contributed by atoms with Crippen molar-refractivity contribution >= 4 is 10.9 Å². The molecule has 1 heterocycles. The number of aromatic nitrogens is 1. The van der Waals surface area contributed by atoms with Crippen LogP contribution in [0.2, 0.25) is 0 Å². The molecular formula is C18H19NO. The SMILES string of the molecule is CC(C)(C)c1cccc(-c2cc3cc(O)ccc3[nH]2)c1. The van der Waals surface area contributed by atoms with Crippen molar-refractivity contribution in [3.63, 3.8) is 0 Å². The van der Waals surface area contributed by atoms with Crippen LogP contribution in [0.15, 0.2) is 48.5 Å². The summed E-state index contributed by atoms with van der Waals surface area (Å²) >= 11 is 0. The van der Waals surface area contributed by atoms with E-state index in [9.17, 15) is 5.11 Å². The number of hydrogen-bond donors (Lipinski definition) is 2. The minimum Gasteiger partial charge on any atom is -0.508 e. The lowest BCUT2D eigenvalue weighted by Gasteiger charge is -2.19. The number of nitrogens with one attached hydrogen (secondary N) is 1. The molecule has 2 aromatic carbocycles. The van der Waals surface area contributed by atoms with Crippen LogP contribution in [-0.4, -0.2) is 10.1 Å². The molecule has 20 heavy (non-hydrogen) atoms. The maximum atomic E-state index is 9.55. The smallest absolute Gasteiger partial charge is 0.116 e. The average Bonchev–Trinajstić information content (AvgIpc) is 2.81. The number of phenolic OH excluding ortho intramolecular Hbond substituents is 1. The lowest BCUT2D eigenvalue weighted by Crippen LogP contribution is -2.10. The molecule has 0 spiro atoms. The fourth-order valence-corrected chi connectivity index (χ4v) is 2.43. The van der Waals surface area contributed by atoms with Gasteiger partial charge in [0.2, 0.25) is 0 Å². The zero-order valence-corrected chi connectivity index (χ0v) is 12.1. The van der Waals surface area contributed by atoms with Gasteiger partial charge in [-0.3, -0.25) is 0 Å².